The summed E-state index contributed by atoms with van der Waals surface area (Å²) in [6, 6.07) is 16.6. The van der Waals surface area contributed by atoms with Gasteiger partial charge in [0.05, 0.1) is 7.11 Å². The number of H-pyrrole nitrogens is 1. The number of anilines is 1. The minimum absolute atomic E-state index is 0.257. The molecule has 0 atom stereocenters. The Labute approximate surface area is 154 Å². The van der Waals surface area contributed by atoms with Crippen LogP contribution in [0.4, 0.5) is 5.69 Å². The first kappa shape index (κ1) is 16.7. The Bertz CT molecular complexity index is 1150. The van der Waals surface area contributed by atoms with E-state index in [-0.39, 0.29) is 11.7 Å². The molecule has 2 heterocycles. The average Bonchev–Trinajstić information content (AvgIpc) is 3.29. The van der Waals surface area contributed by atoms with Crippen LogP contribution in [0.25, 0.3) is 27.9 Å². The minimum atomic E-state index is -0.424. The molecular weight excluding hydrogens is 344 g/mol. The van der Waals surface area contributed by atoms with E-state index in [0.717, 1.165) is 22.0 Å². The van der Waals surface area contributed by atoms with E-state index in [1.165, 1.54) is 13.2 Å². The predicted octanol–water partition coefficient (Wildman–Crippen LogP) is 4.35. The van der Waals surface area contributed by atoms with Crippen LogP contribution in [-0.4, -0.2) is 24.0 Å². The number of hydrogen-bond acceptors (Lipinski definition) is 4. The van der Waals surface area contributed by atoms with Crippen LogP contribution in [0, 0.1) is 0 Å². The number of rotatable bonds is 4. The van der Waals surface area contributed by atoms with E-state index in [1.807, 2.05) is 42.5 Å². The summed E-state index contributed by atoms with van der Waals surface area (Å²) < 4.78 is 10.2. The second-order valence-corrected chi connectivity index (χ2v) is 5.99. The quantitative estimate of drug-likeness (QED) is 0.418. The summed E-state index contributed by atoms with van der Waals surface area (Å²) in [6.45, 7) is 0. The summed E-state index contributed by atoms with van der Waals surface area (Å²) in [5.74, 6) is -0.480. The van der Waals surface area contributed by atoms with Gasteiger partial charge < -0.3 is 19.5 Å². The molecule has 0 fully saturated rings. The number of para-hydroxylation sites is 1. The van der Waals surface area contributed by atoms with Crippen molar-refractivity contribution in [2.75, 3.05) is 12.4 Å². The summed E-state index contributed by atoms with van der Waals surface area (Å²) in [6.07, 6.45) is 2.98. The maximum absolute atomic E-state index is 12.5. The average molecular weight is 360 g/mol. The van der Waals surface area contributed by atoms with Crippen molar-refractivity contribution >= 4 is 45.5 Å². The lowest BCUT2D eigenvalue weighted by Gasteiger charge is -2.03. The molecule has 4 aromatic rings. The number of carbonyl (C=O) groups excluding carboxylic acids is 2. The highest BCUT2D eigenvalue weighted by atomic mass is 16.5. The van der Waals surface area contributed by atoms with Gasteiger partial charge in [0.25, 0.3) is 5.91 Å². The fourth-order valence-electron chi connectivity index (χ4n) is 2.83. The van der Waals surface area contributed by atoms with Gasteiger partial charge in [0.1, 0.15) is 5.58 Å². The summed E-state index contributed by atoms with van der Waals surface area (Å²) in [5.41, 5.74) is 2.97. The zero-order valence-corrected chi connectivity index (χ0v) is 14.5. The maximum Gasteiger partial charge on any atom is 0.330 e. The van der Waals surface area contributed by atoms with Crippen LogP contribution in [0.15, 0.2) is 65.1 Å². The molecule has 0 saturated carbocycles. The molecule has 0 aliphatic carbocycles. The van der Waals surface area contributed by atoms with Crippen molar-refractivity contribution in [1.29, 1.82) is 0 Å². The van der Waals surface area contributed by atoms with E-state index >= 15 is 0 Å². The van der Waals surface area contributed by atoms with Gasteiger partial charge in [0.15, 0.2) is 5.76 Å². The van der Waals surface area contributed by atoms with Crippen LogP contribution in [-0.2, 0) is 9.53 Å². The number of methoxy groups -OCH3 is 1. The molecule has 0 saturated heterocycles. The molecule has 2 aromatic carbocycles. The number of esters is 1. The number of aromatic amines is 1. The second-order valence-electron chi connectivity index (χ2n) is 5.99. The predicted molar refractivity (Wildman–Crippen MR) is 104 cm³/mol. The minimum Gasteiger partial charge on any atom is -0.466 e. The Morgan fingerprint density at radius 2 is 1.93 bits per heavy atom. The topological polar surface area (TPSA) is 84.3 Å². The first-order valence-electron chi connectivity index (χ1n) is 8.31. The Kier molecular flexibility index (Phi) is 4.22. The molecule has 0 aliphatic heterocycles. The van der Waals surface area contributed by atoms with E-state index in [4.69, 9.17) is 4.42 Å². The molecule has 6 nitrogen and oxygen atoms in total. The number of aromatic nitrogens is 1. The molecule has 0 radical (unpaired) electrons. The van der Waals surface area contributed by atoms with Gasteiger partial charge in [-0.3, -0.25) is 4.79 Å². The molecule has 134 valence electrons. The zero-order valence-electron chi connectivity index (χ0n) is 14.5. The van der Waals surface area contributed by atoms with Crippen molar-refractivity contribution < 1.29 is 18.7 Å². The Hall–Kier alpha value is -3.80. The summed E-state index contributed by atoms with van der Waals surface area (Å²) >= 11 is 0. The van der Waals surface area contributed by atoms with Crippen LogP contribution in [0.1, 0.15) is 16.2 Å². The smallest absolute Gasteiger partial charge is 0.330 e. The lowest BCUT2D eigenvalue weighted by Crippen LogP contribution is -2.10. The van der Waals surface area contributed by atoms with Crippen LogP contribution < -0.4 is 5.32 Å². The summed E-state index contributed by atoms with van der Waals surface area (Å²) in [4.78, 5) is 26.8. The molecule has 0 unspecified atom stereocenters. The van der Waals surface area contributed by atoms with Gasteiger partial charge in [-0.2, -0.15) is 0 Å². The maximum atomic E-state index is 12.5. The Morgan fingerprint density at radius 1 is 1.07 bits per heavy atom. The first-order chi connectivity index (χ1) is 13.1. The van der Waals surface area contributed by atoms with Gasteiger partial charge in [0.2, 0.25) is 0 Å². The van der Waals surface area contributed by atoms with E-state index in [0.29, 0.717) is 11.3 Å². The van der Waals surface area contributed by atoms with E-state index < -0.39 is 5.97 Å². The number of benzene rings is 2. The van der Waals surface area contributed by atoms with Gasteiger partial charge >= 0.3 is 5.97 Å². The fourth-order valence-corrected chi connectivity index (χ4v) is 2.83. The SMILES string of the molecule is COC(=O)C=Cc1cc2cc(NC(=O)c3cc4ccccc4o3)ccc2[nH]1. The highest BCUT2D eigenvalue weighted by Gasteiger charge is 2.12. The van der Waals surface area contributed by atoms with Crippen LogP contribution >= 0.6 is 0 Å². The first-order valence-corrected chi connectivity index (χ1v) is 8.31. The molecule has 4 rings (SSSR count). The summed E-state index contributed by atoms with van der Waals surface area (Å²) in [7, 11) is 1.33. The molecule has 0 spiro atoms. The summed E-state index contributed by atoms with van der Waals surface area (Å²) in [5, 5.41) is 4.63. The normalized spacial score (nSPS) is 11.3. The van der Waals surface area contributed by atoms with Gasteiger partial charge in [0, 0.05) is 33.7 Å². The van der Waals surface area contributed by atoms with Crippen molar-refractivity contribution in [3.63, 3.8) is 0 Å². The zero-order chi connectivity index (χ0) is 18.8. The standard InChI is InChI=1S/C21H16N2O4/c1-26-20(24)9-7-15-10-14-11-16(6-8-17(14)22-15)23-21(25)19-12-13-4-2-3-5-18(13)27-19/h2-12,22H,1H3,(H,23,25). The van der Waals surface area contributed by atoms with Gasteiger partial charge in [-0.25, -0.2) is 4.79 Å². The number of hydrogen-bond donors (Lipinski definition) is 2. The third-order valence-electron chi connectivity index (χ3n) is 4.15. The highest BCUT2D eigenvalue weighted by molar-refractivity contribution is 6.05. The largest absolute Gasteiger partial charge is 0.466 e. The van der Waals surface area contributed by atoms with Crippen molar-refractivity contribution in [1.82, 2.24) is 4.98 Å². The van der Waals surface area contributed by atoms with Gasteiger partial charge in [-0.05, 0) is 42.5 Å². The number of amides is 1. The van der Waals surface area contributed by atoms with Gasteiger partial charge in [-0.1, -0.05) is 18.2 Å². The third-order valence-corrected chi connectivity index (χ3v) is 4.15. The van der Waals surface area contributed by atoms with Crippen molar-refractivity contribution in [3.05, 3.63) is 72.1 Å². The molecule has 0 aliphatic rings. The number of carbonyl (C=O) groups is 2. The lowest BCUT2D eigenvalue weighted by molar-refractivity contribution is -0.134. The third kappa shape index (κ3) is 3.46. The molecule has 27 heavy (non-hydrogen) atoms. The molecular formula is C21H16N2O4. The van der Waals surface area contributed by atoms with E-state index in [9.17, 15) is 9.59 Å². The van der Waals surface area contributed by atoms with E-state index in [1.54, 1.807) is 18.2 Å². The molecule has 2 aromatic heterocycles. The van der Waals surface area contributed by atoms with Crippen LogP contribution in [0.5, 0.6) is 0 Å². The van der Waals surface area contributed by atoms with Crippen molar-refractivity contribution in [2.45, 2.75) is 0 Å². The monoisotopic (exact) mass is 360 g/mol. The Balaban J connectivity index is 1.55. The molecule has 0 bridgehead atoms. The number of nitrogens with one attached hydrogen (secondary N) is 2. The molecule has 6 heteroatoms. The van der Waals surface area contributed by atoms with Crippen molar-refractivity contribution in [2.24, 2.45) is 0 Å². The van der Waals surface area contributed by atoms with Gasteiger partial charge in [-0.15, -0.1) is 0 Å². The lowest BCUT2D eigenvalue weighted by atomic mass is 10.2. The van der Waals surface area contributed by atoms with E-state index in [2.05, 4.69) is 15.0 Å². The number of ether oxygens (including phenoxy) is 1. The van der Waals surface area contributed by atoms with Crippen LogP contribution in [0.3, 0.4) is 0 Å². The fraction of sp³-hybridized carbons (Fsp3) is 0.0476. The molecule has 1 amide bonds. The number of furan rings is 1. The number of fused-ring (bicyclic) bond motifs is 2. The molecule has 2 N–H and O–H groups in total. The van der Waals surface area contributed by atoms with Crippen LogP contribution in [0.2, 0.25) is 0 Å². The highest BCUT2D eigenvalue weighted by Crippen LogP contribution is 2.23. The van der Waals surface area contributed by atoms with Crippen molar-refractivity contribution in [3.8, 4) is 0 Å². The Morgan fingerprint density at radius 3 is 2.74 bits per heavy atom. The second kappa shape index (κ2) is 6.84.